The van der Waals surface area contributed by atoms with Gasteiger partial charge < -0.3 is 11.1 Å². The second-order valence-electron chi connectivity index (χ2n) is 3.17. The molecule has 0 radical (unpaired) electrons. The largest absolute Gasteiger partial charge is 0.383 e. The first kappa shape index (κ1) is 8.01. The van der Waals surface area contributed by atoms with Crippen molar-refractivity contribution >= 4 is 17.2 Å². The molecule has 1 aliphatic rings. The molecule has 3 N–H and O–H groups in total. The van der Waals surface area contributed by atoms with Gasteiger partial charge in [0.1, 0.15) is 10.8 Å². The van der Waals surface area contributed by atoms with Crippen molar-refractivity contribution in [3.8, 4) is 0 Å². The fourth-order valence-corrected chi connectivity index (χ4v) is 1.88. The topological polar surface area (TPSA) is 50.9 Å². The first-order chi connectivity index (χ1) is 5.84. The Hall–Kier alpha value is -0.610. The van der Waals surface area contributed by atoms with Crippen LogP contribution in [0.5, 0.6) is 0 Å². The molecule has 1 fully saturated rings. The predicted octanol–water partition coefficient (Wildman–Crippen LogP) is 1.37. The molecule has 0 atom stereocenters. The Balaban J connectivity index is 1.79. The van der Waals surface area contributed by atoms with E-state index in [1.807, 2.05) is 5.38 Å². The minimum atomic E-state index is 0.644. The third-order valence-electron chi connectivity index (χ3n) is 2.22. The Bertz CT molecular complexity index is 255. The van der Waals surface area contributed by atoms with E-state index in [2.05, 4.69) is 10.3 Å². The van der Waals surface area contributed by atoms with Crippen LogP contribution >= 0.6 is 11.3 Å². The van der Waals surface area contributed by atoms with Crippen molar-refractivity contribution in [1.82, 2.24) is 10.3 Å². The highest BCUT2D eigenvalue weighted by molar-refractivity contribution is 7.09. The normalized spacial score (nSPS) is 17.7. The van der Waals surface area contributed by atoms with Crippen molar-refractivity contribution in [3.05, 3.63) is 10.4 Å². The fraction of sp³-hybridized carbons (Fsp3) is 0.625. The number of nitrogens with one attached hydrogen (secondary N) is 1. The molecular weight excluding hydrogens is 170 g/mol. The molecule has 4 heteroatoms. The number of anilines is 1. The average Bonchev–Trinajstić information content (AvgIpc) is 2.32. The fourth-order valence-electron chi connectivity index (χ4n) is 1.25. The maximum Gasteiger partial charge on any atom is 0.134 e. The first-order valence-corrected chi connectivity index (χ1v) is 5.16. The van der Waals surface area contributed by atoms with Crippen molar-refractivity contribution in [3.63, 3.8) is 0 Å². The summed E-state index contributed by atoms with van der Waals surface area (Å²) >= 11 is 1.63. The molecule has 0 aromatic carbocycles. The summed E-state index contributed by atoms with van der Waals surface area (Å²) in [7, 11) is 0. The molecule has 0 saturated heterocycles. The van der Waals surface area contributed by atoms with Gasteiger partial charge in [0.15, 0.2) is 0 Å². The number of nitrogens with two attached hydrogens (primary N) is 1. The van der Waals surface area contributed by atoms with Crippen LogP contribution in [-0.2, 0) is 6.54 Å². The Morgan fingerprint density at radius 3 is 3.00 bits per heavy atom. The number of aromatic nitrogens is 1. The highest BCUT2D eigenvalue weighted by atomic mass is 32.1. The number of nitrogen functional groups attached to an aromatic ring is 1. The van der Waals surface area contributed by atoms with Crippen LogP contribution in [0.3, 0.4) is 0 Å². The van der Waals surface area contributed by atoms with Gasteiger partial charge in [-0.05, 0) is 12.8 Å². The number of thiazole rings is 1. The van der Waals surface area contributed by atoms with E-state index < -0.39 is 0 Å². The zero-order valence-corrected chi connectivity index (χ0v) is 7.73. The summed E-state index contributed by atoms with van der Waals surface area (Å²) in [5, 5.41) is 6.42. The molecule has 1 saturated carbocycles. The Morgan fingerprint density at radius 1 is 1.67 bits per heavy atom. The SMILES string of the molecule is Nc1csc(CNC2CCC2)n1. The van der Waals surface area contributed by atoms with E-state index in [9.17, 15) is 0 Å². The zero-order chi connectivity index (χ0) is 8.39. The molecule has 1 heterocycles. The van der Waals surface area contributed by atoms with Crippen LogP contribution in [0.2, 0.25) is 0 Å². The van der Waals surface area contributed by atoms with Crippen LogP contribution in [0.25, 0.3) is 0 Å². The van der Waals surface area contributed by atoms with Crippen LogP contribution in [0, 0.1) is 0 Å². The van der Waals surface area contributed by atoms with Gasteiger partial charge >= 0.3 is 0 Å². The zero-order valence-electron chi connectivity index (χ0n) is 6.92. The number of nitrogens with zero attached hydrogens (tertiary/aromatic N) is 1. The molecule has 1 aromatic heterocycles. The second kappa shape index (κ2) is 3.41. The molecule has 0 bridgehead atoms. The molecule has 0 unspecified atom stereocenters. The van der Waals surface area contributed by atoms with E-state index in [0.29, 0.717) is 5.82 Å². The number of hydrogen-bond acceptors (Lipinski definition) is 4. The lowest BCUT2D eigenvalue weighted by Crippen LogP contribution is -2.34. The number of rotatable bonds is 3. The van der Waals surface area contributed by atoms with Crippen molar-refractivity contribution in [2.45, 2.75) is 31.8 Å². The molecule has 12 heavy (non-hydrogen) atoms. The Morgan fingerprint density at radius 2 is 2.50 bits per heavy atom. The Labute approximate surface area is 76.0 Å². The summed E-state index contributed by atoms with van der Waals surface area (Å²) in [4.78, 5) is 4.17. The third-order valence-corrected chi connectivity index (χ3v) is 3.08. The smallest absolute Gasteiger partial charge is 0.134 e. The molecule has 1 aromatic rings. The van der Waals surface area contributed by atoms with E-state index >= 15 is 0 Å². The maximum atomic E-state index is 5.50. The molecule has 0 spiro atoms. The highest BCUT2D eigenvalue weighted by Gasteiger charge is 2.16. The predicted molar refractivity (Wildman–Crippen MR) is 51.0 cm³/mol. The molecule has 1 aliphatic carbocycles. The highest BCUT2D eigenvalue weighted by Crippen LogP contribution is 2.19. The molecule has 2 rings (SSSR count). The quantitative estimate of drug-likeness (QED) is 0.744. The molecule has 3 nitrogen and oxygen atoms in total. The van der Waals surface area contributed by atoms with Gasteiger partial charge in [-0.25, -0.2) is 4.98 Å². The van der Waals surface area contributed by atoms with Gasteiger partial charge in [-0.3, -0.25) is 0 Å². The van der Waals surface area contributed by atoms with E-state index in [0.717, 1.165) is 17.6 Å². The van der Waals surface area contributed by atoms with Crippen molar-refractivity contribution in [2.24, 2.45) is 0 Å². The van der Waals surface area contributed by atoms with Gasteiger partial charge in [0.05, 0.1) is 0 Å². The van der Waals surface area contributed by atoms with Crippen LogP contribution in [-0.4, -0.2) is 11.0 Å². The van der Waals surface area contributed by atoms with Gasteiger partial charge in [-0.1, -0.05) is 6.42 Å². The summed E-state index contributed by atoms with van der Waals surface area (Å²) in [6.07, 6.45) is 4.01. The first-order valence-electron chi connectivity index (χ1n) is 4.28. The van der Waals surface area contributed by atoms with Crippen LogP contribution in [0.1, 0.15) is 24.3 Å². The summed E-state index contributed by atoms with van der Waals surface area (Å²) < 4.78 is 0. The van der Waals surface area contributed by atoms with E-state index in [1.165, 1.54) is 19.3 Å². The molecule has 0 aliphatic heterocycles. The van der Waals surface area contributed by atoms with Gasteiger partial charge in [-0.15, -0.1) is 11.3 Å². The van der Waals surface area contributed by atoms with Gasteiger partial charge in [0.2, 0.25) is 0 Å². The van der Waals surface area contributed by atoms with Crippen molar-refractivity contribution < 1.29 is 0 Å². The summed E-state index contributed by atoms with van der Waals surface area (Å²) in [6.45, 7) is 0.881. The lowest BCUT2D eigenvalue weighted by Gasteiger charge is -2.25. The van der Waals surface area contributed by atoms with E-state index in [4.69, 9.17) is 5.73 Å². The average molecular weight is 183 g/mol. The van der Waals surface area contributed by atoms with Crippen LogP contribution < -0.4 is 11.1 Å². The Kier molecular flexibility index (Phi) is 2.28. The van der Waals surface area contributed by atoms with Crippen LogP contribution in [0.4, 0.5) is 5.82 Å². The van der Waals surface area contributed by atoms with Crippen molar-refractivity contribution in [1.29, 1.82) is 0 Å². The molecular formula is C8H13N3S. The lowest BCUT2D eigenvalue weighted by atomic mass is 9.93. The minimum absolute atomic E-state index is 0.644. The summed E-state index contributed by atoms with van der Waals surface area (Å²) in [5.74, 6) is 0.644. The van der Waals surface area contributed by atoms with Gasteiger partial charge in [0, 0.05) is 18.0 Å². The van der Waals surface area contributed by atoms with Crippen molar-refractivity contribution in [2.75, 3.05) is 5.73 Å². The van der Waals surface area contributed by atoms with Crippen LogP contribution in [0.15, 0.2) is 5.38 Å². The summed E-state index contributed by atoms with van der Waals surface area (Å²) in [6, 6.07) is 0.732. The maximum absolute atomic E-state index is 5.50. The third kappa shape index (κ3) is 1.76. The number of hydrogen-bond donors (Lipinski definition) is 2. The monoisotopic (exact) mass is 183 g/mol. The van der Waals surface area contributed by atoms with Gasteiger partial charge in [-0.2, -0.15) is 0 Å². The standard InChI is InChI=1S/C8H13N3S/c9-7-5-12-8(11-7)4-10-6-2-1-3-6/h5-6,10H,1-4,9H2. The lowest BCUT2D eigenvalue weighted by molar-refractivity contribution is 0.338. The van der Waals surface area contributed by atoms with E-state index in [-0.39, 0.29) is 0 Å². The molecule has 66 valence electrons. The summed E-state index contributed by atoms with van der Waals surface area (Å²) in [5.41, 5.74) is 5.50. The molecule has 0 amide bonds. The van der Waals surface area contributed by atoms with E-state index in [1.54, 1.807) is 11.3 Å². The van der Waals surface area contributed by atoms with Gasteiger partial charge in [0.25, 0.3) is 0 Å². The minimum Gasteiger partial charge on any atom is -0.383 e. The second-order valence-corrected chi connectivity index (χ2v) is 4.12.